The van der Waals surface area contributed by atoms with Gasteiger partial charge in [-0.05, 0) is 19.4 Å². The van der Waals surface area contributed by atoms with E-state index in [0.717, 1.165) is 6.42 Å². The molecule has 1 heterocycles. The van der Waals surface area contributed by atoms with Crippen LogP contribution in [0.25, 0.3) is 0 Å². The lowest BCUT2D eigenvalue weighted by molar-refractivity contribution is -0.0300. The van der Waals surface area contributed by atoms with E-state index in [1.165, 1.54) is 18.5 Å². The number of ether oxygens (including phenoxy) is 1. The number of carbonyl (C=O) groups is 1. The molecule has 6 nitrogen and oxygen atoms in total. The third-order valence-electron chi connectivity index (χ3n) is 3.03. The SMILES string of the molecule is CCOC1CC(N)C1NC(=O)c1cncc(O)c1. The second-order valence-corrected chi connectivity index (χ2v) is 4.32. The van der Waals surface area contributed by atoms with E-state index < -0.39 is 0 Å². The summed E-state index contributed by atoms with van der Waals surface area (Å²) in [4.78, 5) is 15.7. The molecule has 1 aliphatic rings. The topological polar surface area (TPSA) is 97.5 Å². The molecule has 1 saturated carbocycles. The van der Waals surface area contributed by atoms with Crippen LogP contribution < -0.4 is 11.1 Å². The molecule has 1 aromatic heterocycles. The van der Waals surface area contributed by atoms with Gasteiger partial charge >= 0.3 is 0 Å². The fourth-order valence-electron chi connectivity index (χ4n) is 2.01. The Balaban J connectivity index is 1.98. The number of pyridine rings is 1. The Bertz CT molecular complexity index is 436. The molecule has 0 aromatic carbocycles. The van der Waals surface area contributed by atoms with Gasteiger partial charge in [-0.3, -0.25) is 9.78 Å². The molecule has 1 amide bonds. The van der Waals surface area contributed by atoms with Crippen molar-refractivity contribution in [2.45, 2.75) is 31.5 Å². The zero-order chi connectivity index (χ0) is 13.1. The number of amides is 1. The first-order valence-electron chi connectivity index (χ1n) is 5.94. The highest BCUT2D eigenvalue weighted by molar-refractivity contribution is 5.94. The van der Waals surface area contributed by atoms with Gasteiger partial charge in [-0.2, -0.15) is 0 Å². The van der Waals surface area contributed by atoms with Crippen molar-refractivity contribution < 1.29 is 14.6 Å². The Labute approximate surface area is 105 Å². The number of nitrogens with one attached hydrogen (secondary N) is 1. The van der Waals surface area contributed by atoms with E-state index >= 15 is 0 Å². The maximum absolute atomic E-state index is 11.9. The van der Waals surface area contributed by atoms with Crippen LogP contribution in [0.4, 0.5) is 0 Å². The molecule has 3 unspecified atom stereocenters. The van der Waals surface area contributed by atoms with Crippen LogP contribution in [0.1, 0.15) is 23.7 Å². The largest absolute Gasteiger partial charge is 0.506 e. The Kier molecular flexibility index (Phi) is 3.78. The predicted molar refractivity (Wildman–Crippen MR) is 65.2 cm³/mol. The molecule has 1 aromatic rings. The van der Waals surface area contributed by atoms with E-state index in [2.05, 4.69) is 10.3 Å². The van der Waals surface area contributed by atoms with Gasteiger partial charge in [0.25, 0.3) is 5.91 Å². The fraction of sp³-hybridized carbons (Fsp3) is 0.500. The third-order valence-corrected chi connectivity index (χ3v) is 3.03. The minimum atomic E-state index is -0.303. The van der Waals surface area contributed by atoms with Crippen LogP contribution in [0.2, 0.25) is 0 Å². The van der Waals surface area contributed by atoms with Gasteiger partial charge in [-0.15, -0.1) is 0 Å². The summed E-state index contributed by atoms with van der Waals surface area (Å²) in [6.45, 7) is 2.50. The molecule has 18 heavy (non-hydrogen) atoms. The lowest BCUT2D eigenvalue weighted by Crippen LogP contribution is -2.64. The van der Waals surface area contributed by atoms with E-state index in [4.69, 9.17) is 10.5 Å². The average Bonchev–Trinajstić information content (AvgIpc) is 2.35. The fourth-order valence-corrected chi connectivity index (χ4v) is 2.01. The van der Waals surface area contributed by atoms with Gasteiger partial charge in [0, 0.05) is 18.8 Å². The van der Waals surface area contributed by atoms with Crippen LogP contribution in [0, 0.1) is 0 Å². The molecular formula is C12H17N3O3. The molecule has 0 aliphatic heterocycles. The first-order valence-corrected chi connectivity index (χ1v) is 5.94. The highest BCUT2D eigenvalue weighted by atomic mass is 16.5. The van der Waals surface area contributed by atoms with Crippen molar-refractivity contribution in [3.8, 4) is 5.75 Å². The van der Waals surface area contributed by atoms with Crippen molar-refractivity contribution in [2.75, 3.05) is 6.61 Å². The van der Waals surface area contributed by atoms with E-state index in [9.17, 15) is 9.90 Å². The number of nitrogens with zero attached hydrogens (tertiary/aromatic N) is 1. The first-order chi connectivity index (χ1) is 8.61. The normalized spacial score (nSPS) is 26.4. The number of nitrogens with two attached hydrogens (primary N) is 1. The van der Waals surface area contributed by atoms with E-state index in [0.29, 0.717) is 12.2 Å². The summed E-state index contributed by atoms with van der Waals surface area (Å²) >= 11 is 0. The van der Waals surface area contributed by atoms with Crippen molar-refractivity contribution in [1.29, 1.82) is 0 Å². The van der Waals surface area contributed by atoms with Crippen LogP contribution in [-0.4, -0.2) is 40.8 Å². The highest BCUT2D eigenvalue weighted by Gasteiger charge is 2.40. The maximum atomic E-state index is 11.9. The quantitative estimate of drug-likeness (QED) is 0.701. The van der Waals surface area contributed by atoms with Crippen molar-refractivity contribution in [3.05, 3.63) is 24.0 Å². The number of hydrogen-bond acceptors (Lipinski definition) is 5. The Hall–Kier alpha value is -1.66. The Morgan fingerprint density at radius 1 is 1.67 bits per heavy atom. The van der Waals surface area contributed by atoms with Crippen LogP contribution in [-0.2, 0) is 4.74 Å². The molecule has 2 rings (SSSR count). The van der Waals surface area contributed by atoms with Gasteiger partial charge in [0.2, 0.25) is 0 Å². The zero-order valence-electron chi connectivity index (χ0n) is 10.2. The summed E-state index contributed by atoms with van der Waals surface area (Å²) in [7, 11) is 0. The molecule has 0 spiro atoms. The summed E-state index contributed by atoms with van der Waals surface area (Å²) in [5, 5.41) is 12.1. The molecule has 4 N–H and O–H groups in total. The van der Waals surface area contributed by atoms with Gasteiger partial charge in [-0.25, -0.2) is 0 Å². The zero-order valence-corrected chi connectivity index (χ0v) is 10.2. The minimum absolute atomic E-state index is 0.0285. The van der Waals surface area contributed by atoms with Crippen LogP contribution in [0.15, 0.2) is 18.5 Å². The number of hydrogen-bond donors (Lipinski definition) is 3. The van der Waals surface area contributed by atoms with E-state index in [1.807, 2.05) is 6.92 Å². The number of rotatable bonds is 4. The third kappa shape index (κ3) is 2.60. The van der Waals surface area contributed by atoms with Crippen LogP contribution in [0.5, 0.6) is 5.75 Å². The molecule has 1 fully saturated rings. The second kappa shape index (κ2) is 5.32. The molecule has 0 radical (unpaired) electrons. The summed E-state index contributed by atoms with van der Waals surface area (Å²) in [6, 6.07) is 1.10. The molecule has 0 bridgehead atoms. The average molecular weight is 251 g/mol. The second-order valence-electron chi connectivity index (χ2n) is 4.32. The standard InChI is InChI=1S/C12H17N3O3/c1-2-18-10-4-9(13)11(10)15-12(17)7-3-8(16)6-14-5-7/h3,5-6,9-11,16H,2,4,13H2,1H3,(H,15,17). The predicted octanol–water partition coefficient (Wildman–Crippen LogP) is 0.0217. The lowest BCUT2D eigenvalue weighted by atomic mass is 9.83. The summed E-state index contributed by atoms with van der Waals surface area (Å²) in [5.74, 6) is -0.342. The highest BCUT2D eigenvalue weighted by Crippen LogP contribution is 2.23. The van der Waals surface area contributed by atoms with Crippen molar-refractivity contribution in [1.82, 2.24) is 10.3 Å². The Morgan fingerprint density at radius 3 is 3.06 bits per heavy atom. The van der Waals surface area contributed by atoms with Gasteiger partial charge in [0.15, 0.2) is 0 Å². The lowest BCUT2D eigenvalue weighted by Gasteiger charge is -2.42. The van der Waals surface area contributed by atoms with Crippen molar-refractivity contribution in [2.24, 2.45) is 5.73 Å². The summed E-state index contributed by atoms with van der Waals surface area (Å²) in [5.41, 5.74) is 6.15. The first kappa shape index (κ1) is 12.8. The molecule has 1 aliphatic carbocycles. The van der Waals surface area contributed by atoms with E-state index in [1.54, 1.807) is 0 Å². The van der Waals surface area contributed by atoms with Crippen LogP contribution in [0.3, 0.4) is 0 Å². The number of aromatic nitrogens is 1. The van der Waals surface area contributed by atoms with Crippen LogP contribution >= 0.6 is 0 Å². The molecule has 3 atom stereocenters. The van der Waals surface area contributed by atoms with Gasteiger partial charge in [0.1, 0.15) is 5.75 Å². The number of aromatic hydroxyl groups is 1. The maximum Gasteiger partial charge on any atom is 0.253 e. The van der Waals surface area contributed by atoms with Crippen molar-refractivity contribution in [3.63, 3.8) is 0 Å². The summed E-state index contributed by atoms with van der Waals surface area (Å²) in [6.07, 6.45) is 3.39. The van der Waals surface area contributed by atoms with Crippen molar-refractivity contribution >= 4 is 5.91 Å². The van der Waals surface area contributed by atoms with Gasteiger partial charge < -0.3 is 20.9 Å². The Morgan fingerprint density at radius 2 is 2.44 bits per heavy atom. The summed E-state index contributed by atoms with van der Waals surface area (Å²) < 4.78 is 5.46. The van der Waals surface area contributed by atoms with Gasteiger partial charge in [0.05, 0.1) is 23.9 Å². The molecular weight excluding hydrogens is 234 g/mol. The van der Waals surface area contributed by atoms with E-state index in [-0.39, 0.29) is 29.8 Å². The van der Waals surface area contributed by atoms with Gasteiger partial charge in [-0.1, -0.05) is 0 Å². The number of carbonyl (C=O) groups excluding carboxylic acids is 1. The molecule has 6 heteroatoms. The molecule has 98 valence electrons. The monoisotopic (exact) mass is 251 g/mol. The molecule has 0 saturated heterocycles. The minimum Gasteiger partial charge on any atom is -0.506 e. The smallest absolute Gasteiger partial charge is 0.253 e.